The summed E-state index contributed by atoms with van der Waals surface area (Å²) in [7, 11) is 0. The molecule has 5 aromatic carbocycles. The fourth-order valence-electron chi connectivity index (χ4n) is 6.35. The van der Waals surface area contributed by atoms with Gasteiger partial charge in [0.05, 0.1) is 39.2 Å². The predicted molar refractivity (Wildman–Crippen MR) is 160 cm³/mol. The highest BCUT2D eigenvalue weighted by molar-refractivity contribution is 6.35. The molecule has 0 saturated heterocycles. The van der Waals surface area contributed by atoms with Gasteiger partial charge in [-0.15, -0.1) is 0 Å². The van der Waals surface area contributed by atoms with Gasteiger partial charge < -0.3 is 4.74 Å². The molecule has 0 atom stereocenters. The molecule has 44 heavy (non-hydrogen) atoms. The van der Waals surface area contributed by atoms with Crippen LogP contribution in [0.3, 0.4) is 0 Å². The van der Waals surface area contributed by atoms with Crippen LogP contribution < -0.4 is 9.80 Å². The van der Waals surface area contributed by atoms with Gasteiger partial charge in [0.25, 0.3) is 23.6 Å². The van der Waals surface area contributed by atoms with Crippen LogP contribution in [0.4, 0.5) is 11.4 Å². The Labute approximate surface area is 250 Å². The van der Waals surface area contributed by atoms with Gasteiger partial charge in [-0.1, -0.05) is 66.7 Å². The van der Waals surface area contributed by atoms with Crippen molar-refractivity contribution >= 4 is 41.0 Å². The molecule has 8 heteroatoms. The largest absolute Gasteiger partial charge is 0.441 e. The molecule has 210 valence electrons. The highest BCUT2D eigenvalue weighted by Gasteiger charge is 2.49. The van der Waals surface area contributed by atoms with Crippen LogP contribution in [0.15, 0.2) is 121 Å². The molecule has 8 nitrogen and oxygen atoms in total. The molecule has 5 aromatic rings. The smallest absolute Gasteiger partial charge is 0.340 e. The number of hydrogen-bond donors (Lipinski definition) is 0. The number of hydrogen-bond acceptors (Lipinski definition) is 6. The zero-order chi connectivity index (χ0) is 30.2. The van der Waals surface area contributed by atoms with Gasteiger partial charge in [-0.3, -0.25) is 19.2 Å². The molecule has 8 rings (SSSR count). The molecule has 4 amide bonds. The number of benzene rings is 5. The number of amides is 4. The number of ether oxygens (including phenoxy) is 1. The first-order valence-electron chi connectivity index (χ1n) is 13.9. The number of cyclic esters (lactones) is 1. The first-order valence-corrected chi connectivity index (χ1v) is 13.9. The minimum absolute atomic E-state index is 0.342. The molecule has 3 heterocycles. The third kappa shape index (κ3) is 3.36. The molecular weight excluding hydrogens is 556 g/mol. The van der Waals surface area contributed by atoms with Crippen molar-refractivity contribution in [3.63, 3.8) is 0 Å². The molecule has 0 saturated carbocycles. The second-order valence-corrected chi connectivity index (χ2v) is 10.7. The van der Waals surface area contributed by atoms with E-state index in [-0.39, 0.29) is 0 Å². The van der Waals surface area contributed by atoms with Gasteiger partial charge in [0.2, 0.25) is 0 Å². The highest BCUT2D eigenvalue weighted by Crippen LogP contribution is 2.48. The van der Waals surface area contributed by atoms with E-state index < -0.39 is 35.2 Å². The number of nitrogens with zero attached hydrogens (tertiary/aromatic N) is 2. The molecule has 0 N–H and O–H groups in total. The van der Waals surface area contributed by atoms with Crippen LogP contribution in [-0.4, -0.2) is 29.6 Å². The first-order chi connectivity index (χ1) is 21.4. The Hall–Kier alpha value is -6.15. The van der Waals surface area contributed by atoms with Gasteiger partial charge in [-0.2, -0.15) is 0 Å². The maximum absolute atomic E-state index is 13.2. The maximum atomic E-state index is 13.2. The van der Waals surface area contributed by atoms with Crippen LogP contribution in [0, 0.1) is 0 Å². The molecule has 0 radical (unpaired) electrons. The van der Waals surface area contributed by atoms with E-state index in [1.165, 1.54) is 0 Å². The van der Waals surface area contributed by atoms with Crippen molar-refractivity contribution < 1.29 is 28.7 Å². The Morgan fingerprint density at radius 3 is 1.14 bits per heavy atom. The average Bonchev–Trinajstić information content (AvgIpc) is 3.62. The quantitative estimate of drug-likeness (QED) is 0.200. The second kappa shape index (κ2) is 9.17. The first kappa shape index (κ1) is 25.6. The normalized spacial score (nSPS) is 16.2. The van der Waals surface area contributed by atoms with Crippen LogP contribution in [-0.2, 0) is 10.3 Å². The number of rotatable bonds is 4. The monoisotopic (exact) mass is 576 g/mol. The third-order valence-corrected chi connectivity index (χ3v) is 8.42. The van der Waals surface area contributed by atoms with Crippen molar-refractivity contribution in [2.75, 3.05) is 9.80 Å². The lowest BCUT2D eigenvalue weighted by molar-refractivity contribution is 0.0251. The third-order valence-electron chi connectivity index (χ3n) is 8.42. The number of esters is 1. The van der Waals surface area contributed by atoms with E-state index in [1.807, 2.05) is 12.1 Å². The summed E-state index contributed by atoms with van der Waals surface area (Å²) in [6.07, 6.45) is 0. The summed E-state index contributed by atoms with van der Waals surface area (Å²) in [5.41, 5.74) is 2.97. The lowest BCUT2D eigenvalue weighted by Crippen LogP contribution is -2.32. The number of carbonyl (C=O) groups excluding carboxylic acids is 5. The average molecular weight is 577 g/mol. The van der Waals surface area contributed by atoms with Gasteiger partial charge >= 0.3 is 5.97 Å². The maximum Gasteiger partial charge on any atom is 0.340 e. The highest BCUT2D eigenvalue weighted by atomic mass is 16.6. The van der Waals surface area contributed by atoms with Crippen molar-refractivity contribution in [3.8, 4) is 0 Å². The van der Waals surface area contributed by atoms with Gasteiger partial charge in [0.1, 0.15) is 0 Å². The van der Waals surface area contributed by atoms with Crippen LogP contribution >= 0.6 is 0 Å². The topological polar surface area (TPSA) is 101 Å². The summed E-state index contributed by atoms with van der Waals surface area (Å²) < 4.78 is 6.17. The molecule has 0 fully saturated rings. The summed E-state index contributed by atoms with van der Waals surface area (Å²) in [6, 6.07) is 34.0. The Bertz CT molecular complexity index is 1910. The lowest BCUT2D eigenvalue weighted by Gasteiger charge is -2.31. The van der Waals surface area contributed by atoms with Crippen molar-refractivity contribution in [2.45, 2.75) is 5.60 Å². The number of imide groups is 2. The molecule has 0 unspecified atom stereocenters. The van der Waals surface area contributed by atoms with Crippen LogP contribution in [0.1, 0.15) is 68.5 Å². The van der Waals surface area contributed by atoms with Crippen molar-refractivity contribution in [3.05, 3.63) is 166 Å². The summed E-state index contributed by atoms with van der Waals surface area (Å²) in [5, 5.41) is 0. The SMILES string of the molecule is O=C1OC(c2ccc(N3C(=O)c4ccccc4C3=O)cc2)(c2ccc(N3C(=O)c4ccccc4C3=O)cc2)c2ccccc21. The Kier molecular flexibility index (Phi) is 5.33. The van der Waals surface area contributed by atoms with Crippen LogP contribution in [0.5, 0.6) is 0 Å². The Balaban J connectivity index is 1.21. The predicted octanol–water partition coefficient (Wildman–Crippen LogP) is 5.75. The van der Waals surface area contributed by atoms with Crippen molar-refractivity contribution in [1.29, 1.82) is 0 Å². The summed E-state index contributed by atoms with van der Waals surface area (Å²) >= 11 is 0. The lowest BCUT2D eigenvalue weighted by atomic mass is 9.80. The summed E-state index contributed by atoms with van der Waals surface area (Å²) in [4.78, 5) is 67.8. The molecule has 3 aliphatic heterocycles. The Morgan fingerprint density at radius 1 is 0.409 bits per heavy atom. The summed E-state index contributed by atoms with van der Waals surface area (Å²) in [5.74, 6) is -2.14. The van der Waals surface area contributed by atoms with Gasteiger partial charge in [0, 0.05) is 16.7 Å². The molecule has 0 aromatic heterocycles. The summed E-state index contributed by atoms with van der Waals surface area (Å²) in [6.45, 7) is 0. The van der Waals surface area contributed by atoms with E-state index in [1.54, 1.807) is 109 Å². The Morgan fingerprint density at radius 2 is 0.750 bits per heavy atom. The molecular formula is C36H20N2O6. The minimum atomic E-state index is -1.37. The van der Waals surface area contributed by atoms with Crippen LogP contribution in [0.25, 0.3) is 0 Å². The fraction of sp³-hybridized carbons (Fsp3) is 0.0278. The van der Waals surface area contributed by atoms with E-state index in [0.717, 1.165) is 9.80 Å². The van der Waals surface area contributed by atoms with E-state index in [9.17, 15) is 24.0 Å². The molecule has 0 bridgehead atoms. The standard InChI is InChI=1S/C36H20N2O6/c39-31-25-7-1-2-8-26(25)32(40)37(31)23-17-13-21(14-18-23)36(30-12-6-5-11-29(30)35(43)44-36)22-15-19-24(20-16-22)38-33(41)27-9-3-4-10-28(27)34(38)42/h1-20H. The molecule has 0 spiro atoms. The number of carbonyl (C=O) groups is 5. The van der Waals surface area contributed by atoms with Gasteiger partial charge in [-0.25, -0.2) is 14.6 Å². The fourth-order valence-corrected chi connectivity index (χ4v) is 6.35. The molecule has 3 aliphatic rings. The van der Waals surface area contributed by atoms with E-state index in [2.05, 4.69) is 0 Å². The van der Waals surface area contributed by atoms with Crippen molar-refractivity contribution in [2.24, 2.45) is 0 Å². The van der Waals surface area contributed by atoms with Crippen LogP contribution in [0.2, 0.25) is 0 Å². The number of fused-ring (bicyclic) bond motifs is 3. The second-order valence-electron chi connectivity index (χ2n) is 10.7. The zero-order valence-corrected chi connectivity index (χ0v) is 22.9. The van der Waals surface area contributed by atoms with Crippen molar-refractivity contribution in [1.82, 2.24) is 0 Å². The minimum Gasteiger partial charge on any atom is -0.441 e. The molecule has 0 aliphatic carbocycles. The number of anilines is 2. The van der Waals surface area contributed by atoms with E-state index in [0.29, 0.717) is 55.9 Å². The van der Waals surface area contributed by atoms with E-state index >= 15 is 0 Å². The van der Waals surface area contributed by atoms with Gasteiger partial charge in [-0.05, 0) is 54.6 Å². The van der Waals surface area contributed by atoms with Gasteiger partial charge in [0.15, 0.2) is 5.60 Å². The zero-order valence-electron chi connectivity index (χ0n) is 22.9. The van der Waals surface area contributed by atoms with E-state index in [4.69, 9.17) is 4.74 Å².